The van der Waals surface area contributed by atoms with E-state index in [1.54, 1.807) is 18.2 Å². The topological polar surface area (TPSA) is 50.2 Å². The minimum atomic E-state index is -1.10. The van der Waals surface area contributed by atoms with Crippen LogP contribution in [0.4, 0.5) is 0 Å². The van der Waals surface area contributed by atoms with Crippen LogP contribution in [0, 0.1) is 0 Å². The highest BCUT2D eigenvalue weighted by molar-refractivity contribution is 6.41. The summed E-state index contributed by atoms with van der Waals surface area (Å²) in [5, 5.41) is 9.82. The molecule has 2 rings (SSSR count). The van der Waals surface area contributed by atoms with E-state index >= 15 is 0 Å². The number of rotatable bonds is 2. The van der Waals surface area contributed by atoms with E-state index in [0.717, 1.165) is 0 Å². The highest BCUT2D eigenvalue weighted by Gasteiger charge is 2.15. The Hall–Kier alpha value is -1.29. The zero-order chi connectivity index (χ0) is 13.3. The molecule has 6 heteroatoms. The molecule has 0 amide bonds. The summed E-state index contributed by atoms with van der Waals surface area (Å²) in [5.74, 6) is -1.10. The first-order valence-electron chi connectivity index (χ1n) is 4.84. The van der Waals surface area contributed by atoms with Crippen LogP contribution in [-0.2, 0) is 0 Å². The molecule has 92 valence electrons. The van der Waals surface area contributed by atoms with Gasteiger partial charge in [-0.1, -0.05) is 40.9 Å². The summed E-state index contributed by atoms with van der Waals surface area (Å²) in [6.07, 6.45) is 1.21. The lowest BCUT2D eigenvalue weighted by atomic mass is 10.1. The number of carboxylic acid groups (broad SMARTS) is 1. The third kappa shape index (κ3) is 2.43. The predicted octanol–water partition coefficient (Wildman–Crippen LogP) is 4.41. The monoisotopic (exact) mass is 301 g/mol. The molecule has 0 saturated carbocycles. The van der Waals surface area contributed by atoms with Gasteiger partial charge in [0, 0.05) is 11.8 Å². The van der Waals surface area contributed by atoms with Crippen LogP contribution in [0.5, 0.6) is 0 Å². The van der Waals surface area contributed by atoms with Crippen LogP contribution in [-0.4, -0.2) is 16.1 Å². The fourth-order valence-electron chi connectivity index (χ4n) is 1.46. The van der Waals surface area contributed by atoms with E-state index in [2.05, 4.69) is 4.98 Å². The number of pyridine rings is 1. The van der Waals surface area contributed by atoms with Crippen LogP contribution in [0.1, 0.15) is 10.4 Å². The van der Waals surface area contributed by atoms with Crippen LogP contribution in [0.3, 0.4) is 0 Å². The van der Waals surface area contributed by atoms with Crippen molar-refractivity contribution in [3.63, 3.8) is 0 Å². The summed E-state index contributed by atoms with van der Waals surface area (Å²) < 4.78 is 0. The summed E-state index contributed by atoms with van der Waals surface area (Å²) >= 11 is 18.1. The first-order valence-corrected chi connectivity index (χ1v) is 5.97. The molecule has 0 fully saturated rings. The van der Waals surface area contributed by atoms with Gasteiger partial charge in [0.25, 0.3) is 0 Å². The highest BCUT2D eigenvalue weighted by Crippen LogP contribution is 2.37. The average Bonchev–Trinajstić information content (AvgIpc) is 2.30. The van der Waals surface area contributed by atoms with E-state index in [1.165, 1.54) is 12.3 Å². The molecule has 1 aromatic heterocycles. The zero-order valence-electron chi connectivity index (χ0n) is 8.82. The van der Waals surface area contributed by atoms with Crippen molar-refractivity contribution in [1.82, 2.24) is 4.98 Å². The molecule has 0 spiro atoms. The maximum Gasteiger partial charge on any atom is 0.337 e. The van der Waals surface area contributed by atoms with E-state index in [9.17, 15) is 4.79 Å². The molecule has 3 nitrogen and oxygen atoms in total. The number of hydrogen-bond donors (Lipinski definition) is 1. The minimum Gasteiger partial charge on any atom is -0.478 e. The van der Waals surface area contributed by atoms with Crippen molar-refractivity contribution in [2.24, 2.45) is 0 Å². The Morgan fingerprint density at radius 1 is 1.11 bits per heavy atom. The molecule has 0 aliphatic rings. The highest BCUT2D eigenvalue weighted by atomic mass is 35.5. The molecule has 0 aliphatic heterocycles. The van der Waals surface area contributed by atoms with E-state index in [-0.39, 0.29) is 10.6 Å². The summed E-state index contributed by atoms with van der Waals surface area (Å²) in [6.45, 7) is 0. The lowest BCUT2D eigenvalue weighted by Gasteiger charge is -2.08. The van der Waals surface area contributed by atoms with Gasteiger partial charge in [-0.3, -0.25) is 4.98 Å². The Bertz CT molecular complexity index is 608. The minimum absolute atomic E-state index is 0.00641. The molecule has 18 heavy (non-hydrogen) atoms. The largest absolute Gasteiger partial charge is 0.478 e. The van der Waals surface area contributed by atoms with E-state index < -0.39 is 5.97 Å². The Morgan fingerprint density at radius 3 is 2.22 bits per heavy atom. The van der Waals surface area contributed by atoms with Crippen LogP contribution in [0.25, 0.3) is 11.3 Å². The van der Waals surface area contributed by atoms with Gasteiger partial charge in [-0.2, -0.15) is 0 Å². The van der Waals surface area contributed by atoms with E-state index in [1.807, 2.05) is 0 Å². The van der Waals surface area contributed by atoms with Gasteiger partial charge in [0.05, 0.1) is 26.3 Å². The van der Waals surface area contributed by atoms with Gasteiger partial charge in [0.15, 0.2) is 0 Å². The molecule has 1 heterocycles. The fourth-order valence-corrected chi connectivity index (χ4v) is 2.30. The van der Waals surface area contributed by atoms with Crippen molar-refractivity contribution < 1.29 is 9.90 Å². The van der Waals surface area contributed by atoms with Crippen molar-refractivity contribution in [3.05, 3.63) is 51.1 Å². The Kier molecular flexibility index (Phi) is 3.76. The van der Waals surface area contributed by atoms with Gasteiger partial charge in [-0.25, -0.2) is 4.79 Å². The van der Waals surface area contributed by atoms with Crippen molar-refractivity contribution in [1.29, 1.82) is 0 Å². The van der Waals surface area contributed by atoms with Crippen LogP contribution in [0.15, 0.2) is 30.5 Å². The van der Waals surface area contributed by atoms with Crippen LogP contribution < -0.4 is 0 Å². The molecule has 0 radical (unpaired) electrons. The van der Waals surface area contributed by atoms with Gasteiger partial charge in [0.1, 0.15) is 0 Å². The van der Waals surface area contributed by atoms with Crippen molar-refractivity contribution in [3.8, 4) is 11.3 Å². The quantitative estimate of drug-likeness (QED) is 0.894. The molecule has 1 N–H and O–H groups in total. The molecule has 0 bridgehead atoms. The maximum absolute atomic E-state index is 10.8. The van der Waals surface area contributed by atoms with E-state index in [0.29, 0.717) is 21.3 Å². The standard InChI is InChI=1S/C12H6Cl3NO2/c13-7-2-1-3-8(14)10(7)11-9(15)4-6(5-16-11)12(17)18/h1-5H,(H,17,18). The first kappa shape index (κ1) is 13.1. The number of nitrogens with zero attached hydrogens (tertiary/aromatic N) is 1. The summed E-state index contributed by atoms with van der Waals surface area (Å²) in [4.78, 5) is 14.8. The average molecular weight is 303 g/mol. The van der Waals surface area contributed by atoms with Gasteiger partial charge in [-0.05, 0) is 18.2 Å². The second-order valence-corrected chi connectivity index (χ2v) is 4.68. The molecule has 0 saturated heterocycles. The van der Waals surface area contributed by atoms with Gasteiger partial charge in [0.2, 0.25) is 0 Å². The van der Waals surface area contributed by atoms with Crippen molar-refractivity contribution >= 4 is 40.8 Å². The normalized spacial score (nSPS) is 10.4. The SMILES string of the molecule is O=C(O)c1cnc(-c2c(Cl)cccc2Cl)c(Cl)c1. The molecule has 2 aromatic rings. The van der Waals surface area contributed by atoms with Crippen LogP contribution in [0.2, 0.25) is 15.1 Å². The number of carboxylic acids is 1. The van der Waals surface area contributed by atoms with Crippen LogP contribution >= 0.6 is 34.8 Å². The molecule has 0 atom stereocenters. The third-order valence-corrected chi connectivity index (χ3v) is 3.21. The predicted molar refractivity (Wildman–Crippen MR) is 71.7 cm³/mol. The maximum atomic E-state index is 10.8. The number of benzene rings is 1. The zero-order valence-corrected chi connectivity index (χ0v) is 11.1. The smallest absolute Gasteiger partial charge is 0.337 e. The van der Waals surface area contributed by atoms with Crippen molar-refractivity contribution in [2.75, 3.05) is 0 Å². The third-order valence-electron chi connectivity index (χ3n) is 2.29. The number of aromatic carboxylic acids is 1. The van der Waals surface area contributed by atoms with Gasteiger partial charge >= 0.3 is 5.97 Å². The Morgan fingerprint density at radius 2 is 1.72 bits per heavy atom. The van der Waals surface area contributed by atoms with E-state index in [4.69, 9.17) is 39.9 Å². The summed E-state index contributed by atoms with van der Waals surface area (Å²) in [6, 6.07) is 6.33. The molecular formula is C12H6Cl3NO2. The Labute approximate surface area is 118 Å². The van der Waals surface area contributed by atoms with Gasteiger partial charge in [-0.15, -0.1) is 0 Å². The number of hydrogen-bond acceptors (Lipinski definition) is 2. The molecular weight excluding hydrogens is 296 g/mol. The van der Waals surface area contributed by atoms with Crippen molar-refractivity contribution in [2.45, 2.75) is 0 Å². The number of carbonyl (C=O) groups is 1. The second-order valence-electron chi connectivity index (χ2n) is 3.46. The molecule has 0 unspecified atom stereocenters. The summed E-state index contributed by atoms with van der Waals surface area (Å²) in [5.41, 5.74) is 0.854. The number of aromatic nitrogens is 1. The fraction of sp³-hybridized carbons (Fsp3) is 0. The van der Waals surface area contributed by atoms with Gasteiger partial charge < -0.3 is 5.11 Å². The first-order chi connectivity index (χ1) is 8.50. The lowest BCUT2D eigenvalue weighted by molar-refractivity contribution is 0.0696. The lowest BCUT2D eigenvalue weighted by Crippen LogP contribution is -1.98. The number of halogens is 3. The Balaban J connectivity index is 2.62. The molecule has 0 aliphatic carbocycles. The summed E-state index contributed by atoms with van der Waals surface area (Å²) in [7, 11) is 0. The second kappa shape index (κ2) is 5.14. The molecule has 1 aromatic carbocycles.